The second kappa shape index (κ2) is 8.89. The van der Waals surface area contributed by atoms with E-state index in [1.165, 1.54) is 11.8 Å². The van der Waals surface area contributed by atoms with Crippen molar-refractivity contribution in [1.29, 1.82) is 0 Å². The van der Waals surface area contributed by atoms with E-state index in [0.717, 1.165) is 10.5 Å². The van der Waals surface area contributed by atoms with Crippen LogP contribution in [-0.2, 0) is 0 Å². The molecule has 0 saturated carbocycles. The zero-order valence-electron chi connectivity index (χ0n) is 14.7. The van der Waals surface area contributed by atoms with Gasteiger partial charge in [0.05, 0.1) is 10.8 Å². The molecule has 5 heteroatoms. The van der Waals surface area contributed by atoms with Crippen LogP contribution >= 0.6 is 23.4 Å². The third kappa shape index (κ3) is 5.22. The number of thioether (sulfide) groups is 1. The van der Waals surface area contributed by atoms with Crippen LogP contribution in [0.5, 0.6) is 0 Å². The van der Waals surface area contributed by atoms with Crippen LogP contribution in [0.1, 0.15) is 26.3 Å². The van der Waals surface area contributed by atoms with Crippen LogP contribution in [0, 0.1) is 6.92 Å². The number of hydrogen-bond donors (Lipinski definition) is 1. The zero-order valence-corrected chi connectivity index (χ0v) is 16.3. The summed E-state index contributed by atoms with van der Waals surface area (Å²) in [5.41, 5.74) is 2.91. The molecule has 1 N–H and O–H groups in total. The molecule has 0 aliphatic heterocycles. The van der Waals surface area contributed by atoms with Gasteiger partial charge in [0.2, 0.25) is 0 Å². The third-order valence-corrected chi connectivity index (χ3v) is 5.28. The first-order chi connectivity index (χ1) is 13.0. The molecular formula is C22H18ClNO2S. The van der Waals surface area contributed by atoms with Gasteiger partial charge in [0.15, 0.2) is 5.78 Å². The zero-order chi connectivity index (χ0) is 19.2. The molecule has 0 spiro atoms. The van der Waals surface area contributed by atoms with E-state index in [1.54, 1.807) is 30.3 Å². The molecule has 0 aromatic heterocycles. The molecule has 3 nitrogen and oxygen atoms in total. The number of halogens is 1. The van der Waals surface area contributed by atoms with E-state index >= 15 is 0 Å². The Bertz CT molecular complexity index is 970. The van der Waals surface area contributed by atoms with E-state index in [9.17, 15) is 9.59 Å². The van der Waals surface area contributed by atoms with Crippen molar-refractivity contribution in [1.82, 2.24) is 0 Å². The van der Waals surface area contributed by atoms with E-state index in [4.69, 9.17) is 11.6 Å². The van der Waals surface area contributed by atoms with Crippen molar-refractivity contribution in [2.45, 2.75) is 11.8 Å². The highest BCUT2D eigenvalue weighted by molar-refractivity contribution is 8.00. The number of nitrogens with one attached hydrogen (secondary N) is 1. The van der Waals surface area contributed by atoms with E-state index in [-0.39, 0.29) is 11.7 Å². The predicted molar refractivity (Wildman–Crippen MR) is 112 cm³/mol. The number of rotatable bonds is 6. The Morgan fingerprint density at radius 1 is 0.963 bits per heavy atom. The van der Waals surface area contributed by atoms with Gasteiger partial charge in [-0.2, -0.15) is 0 Å². The van der Waals surface area contributed by atoms with Gasteiger partial charge in [0.1, 0.15) is 0 Å². The standard InChI is InChI=1S/C22H18ClNO2S/c1-15-5-4-6-16(13-15)22(26)24-17-9-11-18(12-10-17)27-14-21(25)19-7-2-3-8-20(19)23/h2-13H,14H2,1H3,(H,24,26). The summed E-state index contributed by atoms with van der Waals surface area (Å²) < 4.78 is 0. The molecule has 3 aromatic carbocycles. The first kappa shape index (κ1) is 19.2. The van der Waals surface area contributed by atoms with Crippen molar-refractivity contribution in [3.63, 3.8) is 0 Å². The van der Waals surface area contributed by atoms with Gasteiger partial charge in [0.25, 0.3) is 5.91 Å². The minimum Gasteiger partial charge on any atom is -0.322 e. The molecule has 0 bridgehead atoms. The summed E-state index contributed by atoms with van der Waals surface area (Å²) in [6.45, 7) is 1.95. The lowest BCUT2D eigenvalue weighted by molar-refractivity contribution is 0.101. The number of amides is 1. The minimum atomic E-state index is -0.145. The Morgan fingerprint density at radius 3 is 2.41 bits per heavy atom. The van der Waals surface area contributed by atoms with Crippen LogP contribution in [0.2, 0.25) is 5.02 Å². The maximum absolute atomic E-state index is 12.3. The summed E-state index contributed by atoms with van der Waals surface area (Å²) in [4.78, 5) is 25.5. The summed E-state index contributed by atoms with van der Waals surface area (Å²) in [5, 5.41) is 3.35. The maximum atomic E-state index is 12.3. The number of benzene rings is 3. The third-order valence-electron chi connectivity index (χ3n) is 3.94. The molecule has 136 valence electrons. The fraction of sp³-hybridized carbons (Fsp3) is 0.0909. The van der Waals surface area contributed by atoms with Gasteiger partial charge < -0.3 is 5.32 Å². The van der Waals surface area contributed by atoms with E-state index in [1.807, 2.05) is 49.4 Å². The summed E-state index contributed by atoms with van der Waals surface area (Å²) in [6.07, 6.45) is 0. The number of aryl methyl sites for hydroxylation is 1. The quantitative estimate of drug-likeness (QED) is 0.419. The minimum absolute atomic E-state index is 0.0116. The average Bonchev–Trinajstić information content (AvgIpc) is 2.67. The van der Waals surface area contributed by atoms with E-state index in [2.05, 4.69) is 5.32 Å². The fourth-order valence-electron chi connectivity index (χ4n) is 2.54. The van der Waals surface area contributed by atoms with Crippen LogP contribution < -0.4 is 5.32 Å². The van der Waals surface area contributed by atoms with E-state index < -0.39 is 0 Å². The Morgan fingerprint density at radius 2 is 1.70 bits per heavy atom. The lowest BCUT2D eigenvalue weighted by Gasteiger charge is -2.07. The van der Waals surface area contributed by atoms with Crippen molar-refractivity contribution < 1.29 is 9.59 Å². The van der Waals surface area contributed by atoms with Gasteiger partial charge in [0, 0.05) is 21.7 Å². The fourth-order valence-corrected chi connectivity index (χ4v) is 3.56. The SMILES string of the molecule is Cc1cccc(C(=O)Nc2ccc(SCC(=O)c3ccccc3Cl)cc2)c1. The normalized spacial score (nSPS) is 10.4. The van der Waals surface area contributed by atoms with Gasteiger partial charge in [-0.25, -0.2) is 0 Å². The molecule has 3 aromatic rings. The second-order valence-electron chi connectivity index (χ2n) is 6.04. The van der Waals surface area contributed by atoms with Crippen LogP contribution in [0.15, 0.2) is 77.7 Å². The molecule has 0 radical (unpaired) electrons. The molecule has 1 amide bonds. The molecule has 0 fully saturated rings. The van der Waals surface area contributed by atoms with E-state index in [0.29, 0.717) is 27.6 Å². The largest absolute Gasteiger partial charge is 0.322 e. The highest BCUT2D eigenvalue weighted by Gasteiger charge is 2.10. The Kier molecular flexibility index (Phi) is 6.32. The number of hydrogen-bond acceptors (Lipinski definition) is 3. The van der Waals surface area contributed by atoms with Crippen molar-refractivity contribution >= 4 is 40.7 Å². The van der Waals surface area contributed by atoms with Crippen molar-refractivity contribution in [2.75, 3.05) is 11.1 Å². The molecule has 0 atom stereocenters. The Labute approximate surface area is 167 Å². The monoisotopic (exact) mass is 395 g/mol. The predicted octanol–water partition coefficient (Wildman–Crippen LogP) is 5.88. The topological polar surface area (TPSA) is 46.2 Å². The summed E-state index contributed by atoms with van der Waals surface area (Å²) >= 11 is 7.50. The molecule has 0 aliphatic carbocycles. The number of Topliss-reactive ketones (excluding diaryl/α,β-unsaturated/α-hetero) is 1. The van der Waals surface area contributed by atoms with Crippen molar-refractivity contribution in [3.8, 4) is 0 Å². The lowest BCUT2D eigenvalue weighted by Crippen LogP contribution is -2.11. The first-order valence-corrected chi connectivity index (χ1v) is 9.78. The maximum Gasteiger partial charge on any atom is 0.255 e. The summed E-state index contributed by atoms with van der Waals surface area (Å²) in [6, 6.07) is 21.9. The number of carbonyl (C=O) groups excluding carboxylic acids is 2. The highest BCUT2D eigenvalue weighted by Crippen LogP contribution is 2.24. The molecule has 0 heterocycles. The smallest absolute Gasteiger partial charge is 0.255 e. The molecule has 0 aliphatic rings. The molecule has 3 rings (SSSR count). The Hall–Kier alpha value is -2.56. The van der Waals surface area contributed by atoms with Gasteiger partial charge in [-0.1, -0.05) is 41.4 Å². The summed E-state index contributed by atoms with van der Waals surface area (Å²) in [7, 11) is 0. The summed E-state index contributed by atoms with van der Waals surface area (Å²) in [5.74, 6) is 0.147. The number of ketones is 1. The molecular weight excluding hydrogens is 378 g/mol. The van der Waals surface area contributed by atoms with Crippen LogP contribution in [-0.4, -0.2) is 17.4 Å². The Balaban J connectivity index is 1.58. The number of carbonyl (C=O) groups is 2. The average molecular weight is 396 g/mol. The van der Waals surface area contributed by atoms with Crippen molar-refractivity contribution in [3.05, 3.63) is 94.5 Å². The lowest BCUT2D eigenvalue weighted by atomic mass is 10.1. The second-order valence-corrected chi connectivity index (χ2v) is 7.50. The van der Waals surface area contributed by atoms with Crippen LogP contribution in [0.3, 0.4) is 0 Å². The highest BCUT2D eigenvalue weighted by atomic mass is 35.5. The van der Waals surface area contributed by atoms with Crippen LogP contribution in [0.4, 0.5) is 5.69 Å². The number of anilines is 1. The first-order valence-electron chi connectivity index (χ1n) is 8.41. The van der Waals surface area contributed by atoms with Gasteiger partial charge in [-0.3, -0.25) is 9.59 Å². The van der Waals surface area contributed by atoms with Gasteiger partial charge >= 0.3 is 0 Å². The van der Waals surface area contributed by atoms with Gasteiger partial charge in [-0.15, -0.1) is 11.8 Å². The molecule has 0 saturated heterocycles. The van der Waals surface area contributed by atoms with Gasteiger partial charge in [-0.05, 0) is 55.5 Å². The molecule has 0 unspecified atom stereocenters. The van der Waals surface area contributed by atoms with Crippen molar-refractivity contribution in [2.24, 2.45) is 0 Å². The van der Waals surface area contributed by atoms with Crippen LogP contribution in [0.25, 0.3) is 0 Å². The molecule has 27 heavy (non-hydrogen) atoms.